The molecule has 0 bridgehead atoms. The molecule has 4 nitrogen and oxygen atoms in total. The molecular formula is C20H26N2O2S. The Morgan fingerprint density at radius 3 is 2.88 bits per heavy atom. The van der Waals surface area contributed by atoms with Gasteiger partial charge < -0.3 is 10.1 Å². The first-order valence-electron chi connectivity index (χ1n) is 8.83. The van der Waals surface area contributed by atoms with Gasteiger partial charge in [-0.05, 0) is 61.4 Å². The highest BCUT2D eigenvalue weighted by Crippen LogP contribution is 2.18. The van der Waals surface area contributed by atoms with Crippen LogP contribution in [0.5, 0.6) is 0 Å². The van der Waals surface area contributed by atoms with Gasteiger partial charge in [0, 0.05) is 30.3 Å². The fourth-order valence-corrected chi connectivity index (χ4v) is 3.85. The lowest BCUT2D eigenvalue weighted by molar-refractivity contribution is -0.117. The first-order chi connectivity index (χ1) is 12.1. The average molecular weight is 359 g/mol. The molecule has 1 amide bonds. The molecule has 0 spiro atoms. The summed E-state index contributed by atoms with van der Waals surface area (Å²) in [5.74, 6) is 0.0257. The normalized spacial score (nSPS) is 17.2. The third-order valence-corrected chi connectivity index (χ3v) is 5.46. The molecule has 1 N–H and O–H groups in total. The van der Waals surface area contributed by atoms with Crippen molar-refractivity contribution in [1.29, 1.82) is 0 Å². The molecule has 2 aromatic rings. The van der Waals surface area contributed by atoms with E-state index >= 15 is 0 Å². The first kappa shape index (κ1) is 18.1. The topological polar surface area (TPSA) is 41.6 Å². The SMILES string of the molecule is Cc1ccc(NC(=O)CN(Cc2cccs2)C[C@H]2CCCO2)cc1C. The summed E-state index contributed by atoms with van der Waals surface area (Å²) in [4.78, 5) is 16.0. The molecule has 1 atom stereocenters. The third kappa shape index (κ3) is 5.39. The average Bonchev–Trinajstić information content (AvgIpc) is 3.25. The number of carbonyl (C=O) groups is 1. The van der Waals surface area contributed by atoms with Crippen LogP contribution < -0.4 is 5.32 Å². The smallest absolute Gasteiger partial charge is 0.238 e. The Bertz CT molecular complexity index is 694. The lowest BCUT2D eigenvalue weighted by atomic mass is 10.1. The largest absolute Gasteiger partial charge is 0.377 e. The van der Waals surface area contributed by atoms with Crippen molar-refractivity contribution in [2.75, 3.05) is 25.0 Å². The Hall–Kier alpha value is -1.69. The van der Waals surface area contributed by atoms with Gasteiger partial charge in [0.2, 0.25) is 5.91 Å². The van der Waals surface area contributed by atoms with Crippen LogP contribution in [0.15, 0.2) is 35.7 Å². The zero-order valence-corrected chi connectivity index (χ0v) is 15.8. The van der Waals surface area contributed by atoms with Crippen LogP contribution in [-0.2, 0) is 16.1 Å². The first-order valence-corrected chi connectivity index (χ1v) is 9.71. The zero-order chi connectivity index (χ0) is 17.6. The molecule has 1 aliphatic heterocycles. The monoisotopic (exact) mass is 358 g/mol. The maximum absolute atomic E-state index is 12.5. The number of ether oxygens (including phenoxy) is 1. The Kier molecular flexibility index (Phi) is 6.24. The minimum Gasteiger partial charge on any atom is -0.377 e. The molecule has 0 aliphatic carbocycles. The Morgan fingerprint density at radius 2 is 2.20 bits per heavy atom. The summed E-state index contributed by atoms with van der Waals surface area (Å²) in [6.07, 6.45) is 2.45. The van der Waals surface area contributed by atoms with E-state index in [1.807, 2.05) is 18.2 Å². The van der Waals surface area contributed by atoms with Gasteiger partial charge in [0.15, 0.2) is 0 Å². The van der Waals surface area contributed by atoms with Crippen LogP contribution in [0.2, 0.25) is 0 Å². The number of nitrogens with one attached hydrogen (secondary N) is 1. The summed E-state index contributed by atoms with van der Waals surface area (Å²) in [5, 5.41) is 5.11. The molecule has 0 radical (unpaired) electrons. The van der Waals surface area contributed by atoms with Crippen LogP contribution in [-0.4, -0.2) is 36.6 Å². The fraction of sp³-hybridized carbons (Fsp3) is 0.450. The Balaban J connectivity index is 1.61. The molecule has 0 unspecified atom stereocenters. The summed E-state index contributed by atoms with van der Waals surface area (Å²) in [6, 6.07) is 10.2. The number of thiophene rings is 1. The molecule has 2 heterocycles. The van der Waals surface area contributed by atoms with Crippen molar-refractivity contribution in [3.63, 3.8) is 0 Å². The summed E-state index contributed by atoms with van der Waals surface area (Å²) in [7, 11) is 0. The van der Waals surface area contributed by atoms with Crippen molar-refractivity contribution in [3.8, 4) is 0 Å². The minimum atomic E-state index is 0.0257. The number of carbonyl (C=O) groups excluding carboxylic acids is 1. The number of benzene rings is 1. The van der Waals surface area contributed by atoms with E-state index in [0.717, 1.165) is 38.2 Å². The highest BCUT2D eigenvalue weighted by molar-refractivity contribution is 7.09. The quantitative estimate of drug-likeness (QED) is 0.814. The predicted octanol–water partition coefficient (Wildman–Crippen LogP) is 3.98. The maximum atomic E-state index is 12.5. The van der Waals surface area contributed by atoms with Crippen LogP contribution in [0.4, 0.5) is 5.69 Å². The van der Waals surface area contributed by atoms with E-state index in [0.29, 0.717) is 6.54 Å². The Labute approximate surface area is 153 Å². The summed E-state index contributed by atoms with van der Waals surface area (Å²) < 4.78 is 5.76. The number of amides is 1. The zero-order valence-electron chi connectivity index (χ0n) is 15.0. The molecule has 1 saturated heterocycles. The van der Waals surface area contributed by atoms with Gasteiger partial charge in [-0.15, -0.1) is 11.3 Å². The number of anilines is 1. The number of hydrogen-bond acceptors (Lipinski definition) is 4. The molecule has 1 aromatic carbocycles. The van der Waals surface area contributed by atoms with Gasteiger partial charge >= 0.3 is 0 Å². The van der Waals surface area contributed by atoms with Crippen molar-refractivity contribution >= 4 is 22.9 Å². The van der Waals surface area contributed by atoms with E-state index < -0.39 is 0 Å². The van der Waals surface area contributed by atoms with E-state index in [4.69, 9.17) is 4.74 Å². The molecule has 1 aliphatic rings. The van der Waals surface area contributed by atoms with E-state index in [9.17, 15) is 4.79 Å². The van der Waals surface area contributed by atoms with Gasteiger partial charge in [-0.3, -0.25) is 9.69 Å². The molecule has 134 valence electrons. The lowest BCUT2D eigenvalue weighted by Gasteiger charge is -2.24. The van der Waals surface area contributed by atoms with Gasteiger partial charge in [-0.2, -0.15) is 0 Å². The van der Waals surface area contributed by atoms with Gasteiger partial charge in [-0.1, -0.05) is 12.1 Å². The second-order valence-corrected chi connectivity index (χ2v) is 7.76. The fourth-order valence-electron chi connectivity index (χ4n) is 3.11. The van der Waals surface area contributed by atoms with Crippen molar-refractivity contribution in [2.45, 2.75) is 39.3 Å². The number of nitrogens with zero attached hydrogens (tertiary/aromatic N) is 1. The van der Waals surface area contributed by atoms with E-state index in [2.05, 4.69) is 41.6 Å². The van der Waals surface area contributed by atoms with E-state index in [-0.39, 0.29) is 12.0 Å². The van der Waals surface area contributed by atoms with Crippen LogP contribution >= 0.6 is 11.3 Å². The summed E-state index contributed by atoms with van der Waals surface area (Å²) >= 11 is 1.73. The summed E-state index contributed by atoms with van der Waals surface area (Å²) in [6.45, 7) is 6.95. The van der Waals surface area contributed by atoms with Crippen LogP contribution in [0.1, 0.15) is 28.8 Å². The van der Waals surface area contributed by atoms with Gasteiger partial charge in [0.1, 0.15) is 0 Å². The number of rotatable bonds is 7. The molecule has 1 aromatic heterocycles. The lowest BCUT2D eigenvalue weighted by Crippen LogP contribution is -2.37. The second kappa shape index (κ2) is 8.61. The van der Waals surface area contributed by atoms with Crippen molar-refractivity contribution in [2.24, 2.45) is 0 Å². The van der Waals surface area contributed by atoms with Crippen molar-refractivity contribution in [3.05, 3.63) is 51.7 Å². The molecule has 0 saturated carbocycles. The molecule has 25 heavy (non-hydrogen) atoms. The van der Waals surface area contributed by atoms with Crippen molar-refractivity contribution in [1.82, 2.24) is 4.90 Å². The molecule has 3 rings (SSSR count). The van der Waals surface area contributed by atoms with Gasteiger partial charge in [0.25, 0.3) is 0 Å². The maximum Gasteiger partial charge on any atom is 0.238 e. The van der Waals surface area contributed by atoms with E-state index in [1.54, 1.807) is 11.3 Å². The third-order valence-electron chi connectivity index (χ3n) is 4.60. The highest BCUT2D eigenvalue weighted by Gasteiger charge is 2.21. The van der Waals surface area contributed by atoms with Crippen LogP contribution in [0.25, 0.3) is 0 Å². The summed E-state index contributed by atoms with van der Waals surface area (Å²) in [5.41, 5.74) is 3.28. The highest BCUT2D eigenvalue weighted by atomic mass is 32.1. The molecular weight excluding hydrogens is 332 g/mol. The number of hydrogen-bond donors (Lipinski definition) is 1. The standard InChI is InChI=1S/C20H26N2O2S/c1-15-7-8-17(11-16(15)2)21-20(23)14-22(12-18-5-3-9-24-18)13-19-6-4-10-25-19/h4,6-8,10-11,18H,3,5,9,12-14H2,1-2H3,(H,21,23)/t18-/m1/s1. The number of aryl methyl sites for hydroxylation is 2. The predicted molar refractivity (Wildman–Crippen MR) is 103 cm³/mol. The van der Waals surface area contributed by atoms with Crippen LogP contribution in [0.3, 0.4) is 0 Å². The van der Waals surface area contributed by atoms with Crippen molar-refractivity contribution < 1.29 is 9.53 Å². The van der Waals surface area contributed by atoms with E-state index in [1.165, 1.54) is 16.0 Å². The van der Waals surface area contributed by atoms with Gasteiger partial charge in [0.05, 0.1) is 12.6 Å². The van der Waals surface area contributed by atoms with Crippen LogP contribution in [0, 0.1) is 13.8 Å². The minimum absolute atomic E-state index is 0.0257. The second-order valence-electron chi connectivity index (χ2n) is 6.73. The molecule has 5 heteroatoms. The van der Waals surface area contributed by atoms with Gasteiger partial charge in [-0.25, -0.2) is 0 Å². The Morgan fingerprint density at radius 1 is 1.32 bits per heavy atom. The molecule has 1 fully saturated rings.